The van der Waals surface area contributed by atoms with Crippen molar-refractivity contribution in [2.45, 2.75) is 18.3 Å². The normalized spacial score (nSPS) is 13.9. The molecule has 2 atom stereocenters. The number of carbonyl (C=O) groups is 1. The molecule has 19 heavy (non-hydrogen) atoms. The first-order chi connectivity index (χ1) is 8.93. The van der Waals surface area contributed by atoms with Crippen LogP contribution in [0.1, 0.15) is 6.92 Å². The van der Waals surface area contributed by atoms with Crippen LogP contribution in [-0.2, 0) is 4.79 Å². The number of aliphatic hydroxyl groups is 2. The quantitative estimate of drug-likeness (QED) is 0.595. The fourth-order valence-corrected chi connectivity index (χ4v) is 2.19. The molecule has 106 valence electrons. The van der Waals surface area contributed by atoms with Gasteiger partial charge in [0.05, 0.1) is 28.7 Å². The molecule has 1 rings (SSSR count). The second-order valence-electron chi connectivity index (χ2n) is 4.04. The standard InChI is InChI=1S/C12H17ClN2O3S/c1-7(19-6-9(17)5-16)12(18)15-8-2-3-10(13)11(14)4-8/h2-4,7,9,16-17H,5-6,14H2,1H3,(H,15,18). The van der Waals surface area contributed by atoms with Crippen molar-refractivity contribution in [1.29, 1.82) is 0 Å². The number of nitrogens with one attached hydrogen (secondary N) is 1. The van der Waals surface area contributed by atoms with Crippen LogP contribution in [0, 0.1) is 0 Å². The lowest BCUT2D eigenvalue weighted by Gasteiger charge is -2.14. The number of amides is 1. The average Bonchev–Trinajstić information content (AvgIpc) is 2.39. The largest absolute Gasteiger partial charge is 0.397 e. The van der Waals surface area contributed by atoms with Gasteiger partial charge in [-0.1, -0.05) is 11.6 Å². The fourth-order valence-electron chi connectivity index (χ4n) is 1.25. The zero-order valence-corrected chi connectivity index (χ0v) is 12.0. The SMILES string of the molecule is CC(SCC(O)CO)C(=O)Nc1ccc(Cl)c(N)c1. The van der Waals surface area contributed by atoms with Crippen molar-refractivity contribution < 1.29 is 15.0 Å². The Balaban J connectivity index is 2.51. The first kappa shape index (κ1) is 16.1. The number of aliphatic hydroxyl groups excluding tert-OH is 2. The van der Waals surface area contributed by atoms with Gasteiger partial charge in [0.15, 0.2) is 0 Å². The van der Waals surface area contributed by atoms with Crippen molar-refractivity contribution in [3.8, 4) is 0 Å². The third kappa shape index (κ3) is 5.28. The van der Waals surface area contributed by atoms with Crippen molar-refractivity contribution >= 4 is 40.6 Å². The van der Waals surface area contributed by atoms with E-state index in [2.05, 4.69) is 5.32 Å². The Morgan fingerprint density at radius 2 is 2.26 bits per heavy atom. The Bertz CT molecular complexity index is 445. The van der Waals surface area contributed by atoms with E-state index in [4.69, 9.17) is 22.4 Å². The van der Waals surface area contributed by atoms with Gasteiger partial charge in [-0.3, -0.25) is 4.79 Å². The number of hydrogen-bond acceptors (Lipinski definition) is 5. The monoisotopic (exact) mass is 304 g/mol. The number of halogens is 1. The summed E-state index contributed by atoms with van der Waals surface area (Å²) in [5.41, 5.74) is 6.61. The van der Waals surface area contributed by atoms with Crippen molar-refractivity contribution in [2.75, 3.05) is 23.4 Å². The summed E-state index contributed by atoms with van der Waals surface area (Å²) in [7, 11) is 0. The van der Waals surface area contributed by atoms with Gasteiger partial charge in [0.1, 0.15) is 0 Å². The van der Waals surface area contributed by atoms with E-state index in [1.165, 1.54) is 11.8 Å². The van der Waals surface area contributed by atoms with Crippen LogP contribution in [0.25, 0.3) is 0 Å². The highest BCUT2D eigenvalue weighted by Gasteiger charge is 2.15. The predicted octanol–water partition coefficient (Wildman–Crippen LogP) is 1.34. The van der Waals surface area contributed by atoms with Gasteiger partial charge in [-0.2, -0.15) is 0 Å². The Hall–Kier alpha value is -0.950. The van der Waals surface area contributed by atoms with Crippen LogP contribution in [0.3, 0.4) is 0 Å². The molecule has 0 saturated heterocycles. The van der Waals surface area contributed by atoms with Crippen LogP contribution in [-0.4, -0.2) is 39.8 Å². The Labute approximate surface area is 121 Å². The molecule has 0 fully saturated rings. The lowest BCUT2D eigenvalue weighted by atomic mass is 10.2. The maximum absolute atomic E-state index is 11.9. The minimum absolute atomic E-state index is 0.197. The number of carbonyl (C=O) groups excluding carboxylic acids is 1. The highest BCUT2D eigenvalue weighted by molar-refractivity contribution is 8.00. The molecule has 1 aromatic carbocycles. The number of rotatable bonds is 6. The first-order valence-electron chi connectivity index (χ1n) is 5.70. The number of hydrogen-bond donors (Lipinski definition) is 4. The van der Waals surface area contributed by atoms with E-state index < -0.39 is 6.10 Å². The molecule has 0 aliphatic rings. The number of anilines is 2. The van der Waals surface area contributed by atoms with Crippen LogP contribution < -0.4 is 11.1 Å². The maximum atomic E-state index is 11.9. The highest BCUT2D eigenvalue weighted by Crippen LogP contribution is 2.23. The van der Waals surface area contributed by atoms with E-state index in [1.54, 1.807) is 25.1 Å². The van der Waals surface area contributed by atoms with E-state index in [1.807, 2.05) is 0 Å². The van der Waals surface area contributed by atoms with Crippen molar-refractivity contribution in [2.24, 2.45) is 0 Å². The molecule has 0 aliphatic heterocycles. The molecule has 7 heteroatoms. The van der Waals surface area contributed by atoms with Gasteiger partial charge >= 0.3 is 0 Å². The van der Waals surface area contributed by atoms with Gasteiger partial charge in [0.2, 0.25) is 5.91 Å². The van der Waals surface area contributed by atoms with E-state index in [9.17, 15) is 9.90 Å². The molecule has 0 saturated carbocycles. The second-order valence-corrected chi connectivity index (χ2v) is 5.82. The lowest BCUT2D eigenvalue weighted by Crippen LogP contribution is -2.25. The van der Waals surface area contributed by atoms with E-state index in [0.717, 1.165) is 0 Å². The van der Waals surface area contributed by atoms with Crippen LogP contribution in [0.5, 0.6) is 0 Å². The molecule has 0 bridgehead atoms. The Kier molecular flexibility index (Phi) is 6.44. The number of thioether (sulfide) groups is 1. The van der Waals surface area contributed by atoms with Gasteiger partial charge in [0.25, 0.3) is 0 Å². The summed E-state index contributed by atoms with van der Waals surface area (Å²) in [5.74, 6) is 0.102. The molecule has 0 heterocycles. The van der Waals surface area contributed by atoms with E-state index in [0.29, 0.717) is 22.2 Å². The minimum Gasteiger partial charge on any atom is -0.397 e. The minimum atomic E-state index is -0.813. The summed E-state index contributed by atoms with van der Waals surface area (Å²) in [6.45, 7) is 1.42. The second kappa shape index (κ2) is 7.59. The van der Waals surface area contributed by atoms with Gasteiger partial charge < -0.3 is 21.3 Å². The third-order valence-corrected chi connectivity index (χ3v) is 4.02. The summed E-state index contributed by atoms with van der Waals surface area (Å²) in [6, 6.07) is 4.86. The molecule has 0 spiro atoms. The van der Waals surface area contributed by atoms with Crippen LogP contribution in [0.4, 0.5) is 11.4 Å². The third-order valence-electron chi connectivity index (χ3n) is 2.38. The Morgan fingerprint density at radius 3 is 2.84 bits per heavy atom. The smallest absolute Gasteiger partial charge is 0.237 e. The Morgan fingerprint density at radius 1 is 1.58 bits per heavy atom. The summed E-state index contributed by atoms with van der Waals surface area (Å²) in [4.78, 5) is 11.9. The molecule has 0 radical (unpaired) electrons. The molecular weight excluding hydrogens is 288 g/mol. The van der Waals surface area contributed by atoms with Crippen LogP contribution in [0.15, 0.2) is 18.2 Å². The molecule has 1 amide bonds. The summed E-state index contributed by atoms with van der Waals surface area (Å²) in [6.07, 6.45) is -0.813. The summed E-state index contributed by atoms with van der Waals surface area (Å²) < 4.78 is 0. The summed E-state index contributed by atoms with van der Waals surface area (Å²) >= 11 is 7.05. The molecular formula is C12H17ClN2O3S. The van der Waals surface area contributed by atoms with Crippen molar-refractivity contribution in [3.05, 3.63) is 23.2 Å². The van der Waals surface area contributed by atoms with Gasteiger partial charge in [-0.25, -0.2) is 0 Å². The van der Waals surface area contributed by atoms with Crippen molar-refractivity contribution in [1.82, 2.24) is 0 Å². The predicted molar refractivity (Wildman–Crippen MR) is 79.5 cm³/mol. The molecule has 5 N–H and O–H groups in total. The average molecular weight is 305 g/mol. The van der Waals surface area contributed by atoms with Gasteiger partial charge in [-0.15, -0.1) is 11.8 Å². The molecule has 5 nitrogen and oxygen atoms in total. The zero-order valence-electron chi connectivity index (χ0n) is 10.5. The maximum Gasteiger partial charge on any atom is 0.237 e. The van der Waals surface area contributed by atoms with Gasteiger partial charge in [-0.05, 0) is 25.1 Å². The number of benzene rings is 1. The topological polar surface area (TPSA) is 95.6 Å². The molecule has 0 aromatic heterocycles. The van der Waals surface area contributed by atoms with E-state index in [-0.39, 0.29) is 17.8 Å². The lowest BCUT2D eigenvalue weighted by molar-refractivity contribution is -0.115. The highest BCUT2D eigenvalue weighted by atomic mass is 35.5. The molecule has 1 aromatic rings. The van der Waals surface area contributed by atoms with Crippen LogP contribution in [0.2, 0.25) is 5.02 Å². The van der Waals surface area contributed by atoms with Crippen LogP contribution >= 0.6 is 23.4 Å². The van der Waals surface area contributed by atoms with Crippen molar-refractivity contribution in [3.63, 3.8) is 0 Å². The molecule has 0 aliphatic carbocycles. The number of nitrogen functional groups attached to an aromatic ring is 1. The van der Waals surface area contributed by atoms with E-state index >= 15 is 0 Å². The fraction of sp³-hybridized carbons (Fsp3) is 0.417. The first-order valence-corrected chi connectivity index (χ1v) is 7.13. The molecule has 2 unspecified atom stereocenters. The van der Waals surface area contributed by atoms with Gasteiger partial charge in [0, 0.05) is 11.4 Å². The zero-order chi connectivity index (χ0) is 14.4. The number of nitrogens with two attached hydrogens (primary N) is 1. The summed E-state index contributed by atoms with van der Waals surface area (Å²) in [5, 5.41) is 20.7.